The third-order valence-corrected chi connectivity index (χ3v) is 1.73. The average Bonchev–Trinajstić information content (AvgIpc) is 2.53. The van der Waals surface area contributed by atoms with E-state index in [-0.39, 0.29) is 6.01 Å². The van der Waals surface area contributed by atoms with Crippen LogP contribution in [0.2, 0.25) is 0 Å². The van der Waals surface area contributed by atoms with Gasteiger partial charge in [0.05, 0.1) is 0 Å². The molecule has 1 heterocycles. The maximum absolute atomic E-state index is 10.4. The average molecular weight is 201 g/mol. The Bertz CT molecular complexity index is 589. The third-order valence-electron chi connectivity index (χ3n) is 1.73. The Hall–Kier alpha value is -2.48. The van der Waals surface area contributed by atoms with Crippen molar-refractivity contribution < 1.29 is 9.21 Å². The van der Waals surface area contributed by atoms with Crippen molar-refractivity contribution in [2.45, 2.75) is 0 Å². The smallest absolute Gasteiger partial charge is 0.293 e. The van der Waals surface area contributed by atoms with Gasteiger partial charge in [-0.3, -0.25) is 4.79 Å². The predicted molar refractivity (Wildman–Crippen MR) is 54.5 cm³/mol. The summed E-state index contributed by atoms with van der Waals surface area (Å²) >= 11 is 0. The van der Waals surface area contributed by atoms with Gasteiger partial charge >= 0.3 is 0 Å². The summed E-state index contributed by atoms with van der Waals surface area (Å²) in [6.07, 6.45) is 0. The molecule has 0 aliphatic heterocycles. The van der Waals surface area contributed by atoms with Crippen LogP contribution in [0.25, 0.3) is 11.1 Å². The van der Waals surface area contributed by atoms with E-state index in [0.29, 0.717) is 16.7 Å². The highest BCUT2D eigenvalue weighted by molar-refractivity contribution is 5.92. The first kappa shape index (κ1) is 9.09. The molecule has 5 nitrogen and oxygen atoms in total. The molecule has 15 heavy (non-hydrogen) atoms. The number of nitrogen functional groups attached to an aromatic ring is 1. The van der Waals surface area contributed by atoms with E-state index in [1.54, 1.807) is 18.2 Å². The number of nitrogens with two attached hydrogens (primary N) is 2. The first-order valence-electron chi connectivity index (χ1n) is 4.12. The van der Waals surface area contributed by atoms with E-state index in [4.69, 9.17) is 15.9 Å². The topological polar surface area (TPSA) is 95.1 Å². The second-order valence-electron chi connectivity index (χ2n) is 2.85. The summed E-state index contributed by atoms with van der Waals surface area (Å²) in [7, 11) is 0. The van der Waals surface area contributed by atoms with Gasteiger partial charge < -0.3 is 15.9 Å². The summed E-state index contributed by atoms with van der Waals surface area (Å²) in [5.41, 5.74) is 12.1. The number of hydrogen-bond acceptors (Lipinski definition) is 4. The number of nitrogens with zero attached hydrogens (tertiary/aromatic N) is 1. The minimum atomic E-state index is -0.672. The fraction of sp³-hybridized carbons (Fsp3) is 0. The number of carbonyl (C=O) groups is 1. The summed E-state index contributed by atoms with van der Waals surface area (Å²) in [6, 6.07) is 5.16. The number of carbonyl (C=O) groups excluding carboxylic acids is 1. The molecule has 4 N–H and O–H groups in total. The van der Waals surface area contributed by atoms with Crippen molar-refractivity contribution in [2.24, 2.45) is 5.73 Å². The van der Waals surface area contributed by atoms with Crippen LogP contribution in [-0.4, -0.2) is 10.9 Å². The van der Waals surface area contributed by atoms with Gasteiger partial charge in [0.15, 0.2) is 5.58 Å². The van der Waals surface area contributed by atoms with E-state index < -0.39 is 5.91 Å². The number of amides is 1. The SMILES string of the molecule is NC(=O)C#Cc1ccc2oc(N)nc2c1. The highest BCUT2D eigenvalue weighted by Gasteiger charge is 2.01. The Morgan fingerprint density at radius 2 is 2.27 bits per heavy atom. The minimum absolute atomic E-state index is 0.102. The minimum Gasteiger partial charge on any atom is -0.424 e. The van der Waals surface area contributed by atoms with Gasteiger partial charge in [-0.15, -0.1) is 0 Å². The standard InChI is InChI=1S/C10H7N3O2/c11-9(14)4-2-6-1-3-8-7(5-6)13-10(12)15-8/h1,3,5H,(H2,11,14)(H2,12,13). The van der Waals surface area contributed by atoms with E-state index in [9.17, 15) is 4.79 Å². The zero-order valence-electron chi connectivity index (χ0n) is 7.65. The van der Waals surface area contributed by atoms with Gasteiger partial charge in [-0.05, 0) is 24.1 Å². The van der Waals surface area contributed by atoms with Crippen LogP contribution in [0, 0.1) is 11.8 Å². The monoisotopic (exact) mass is 201 g/mol. The van der Waals surface area contributed by atoms with Crippen molar-refractivity contribution in [3.8, 4) is 11.8 Å². The Morgan fingerprint density at radius 3 is 3.00 bits per heavy atom. The predicted octanol–water partition coefficient (Wildman–Crippen LogP) is 0.247. The molecule has 2 aromatic rings. The molecule has 0 spiro atoms. The molecule has 1 aromatic heterocycles. The Morgan fingerprint density at radius 1 is 1.47 bits per heavy atom. The van der Waals surface area contributed by atoms with E-state index in [1.807, 2.05) is 0 Å². The normalized spacial score (nSPS) is 9.60. The molecule has 0 atom stereocenters. The van der Waals surface area contributed by atoms with Crippen molar-refractivity contribution in [3.05, 3.63) is 23.8 Å². The van der Waals surface area contributed by atoms with Gasteiger partial charge in [0.1, 0.15) is 5.52 Å². The molecule has 0 unspecified atom stereocenters. The van der Waals surface area contributed by atoms with Gasteiger partial charge in [-0.2, -0.15) is 4.98 Å². The van der Waals surface area contributed by atoms with Crippen LogP contribution >= 0.6 is 0 Å². The Labute approximate surface area is 85.1 Å². The number of oxazole rings is 1. The van der Waals surface area contributed by atoms with Crippen molar-refractivity contribution in [1.82, 2.24) is 4.98 Å². The molecule has 0 fully saturated rings. The summed E-state index contributed by atoms with van der Waals surface area (Å²) in [5, 5.41) is 0. The lowest BCUT2D eigenvalue weighted by Crippen LogP contribution is -2.06. The zero-order chi connectivity index (χ0) is 10.8. The zero-order valence-corrected chi connectivity index (χ0v) is 7.65. The number of benzene rings is 1. The molecule has 0 saturated carbocycles. The van der Waals surface area contributed by atoms with E-state index in [0.717, 1.165) is 0 Å². The fourth-order valence-corrected chi connectivity index (χ4v) is 1.16. The Balaban J connectivity index is 2.48. The summed E-state index contributed by atoms with van der Waals surface area (Å²) < 4.78 is 5.08. The molecule has 1 amide bonds. The van der Waals surface area contributed by atoms with E-state index in [2.05, 4.69) is 16.8 Å². The van der Waals surface area contributed by atoms with Gasteiger partial charge in [0.2, 0.25) is 0 Å². The first-order valence-corrected chi connectivity index (χ1v) is 4.12. The number of primary amides is 1. The van der Waals surface area contributed by atoms with Crippen LogP contribution < -0.4 is 11.5 Å². The molecule has 0 aliphatic rings. The van der Waals surface area contributed by atoms with E-state index >= 15 is 0 Å². The van der Waals surface area contributed by atoms with Gasteiger partial charge in [-0.25, -0.2) is 0 Å². The number of fused-ring (bicyclic) bond motifs is 1. The van der Waals surface area contributed by atoms with Crippen LogP contribution in [0.15, 0.2) is 22.6 Å². The summed E-state index contributed by atoms with van der Waals surface area (Å²) in [4.78, 5) is 14.4. The maximum Gasteiger partial charge on any atom is 0.293 e. The van der Waals surface area contributed by atoms with Crippen LogP contribution in [-0.2, 0) is 4.79 Å². The molecule has 0 aliphatic carbocycles. The second kappa shape index (κ2) is 3.35. The highest BCUT2D eigenvalue weighted by Crippen LogP contribution is 2.17. The number of rotatable bonds is 0. The molecule has 2 rings (SSSR count). The lowest BCUT2D eigenvalue weighted by Gasteiger charge is -1.88. The third kappa shape index (κ3) is 1.89. The molecule has 0 bridgehead atoms. The van der Waals surface area contributed by atoms with Crippen molar-refractivity contribution in [1.29, 1.82) is 0 Å². The van der Waals surface area contributed by atoms with Crippen molar-refractivity contribution in [3.63, 3.8) is 0 Å². The van der Waals surface area contributed by atoms with Crippen molar-refractivity contribution >= 4 is 23.0 Å². The van der Waals surface area contributed by atoms with Crippen LogP contribution in [0.1, 0.15) is 5.56 Å². The van der Waals surface area contributed by atoms with Crippen LogP contribution in [0.4, 0.5) is 6.01 Å². The fourth-order valence-electron chi connectivity index (χ4n) is 1.16. The molecule has 0 radical (unpaired) electrons. The maximum atomic E-state index is 10.4. The molecule has 5 heteroatoms. The molecular formula is C10H7N3O2. The second-order valence-corrected chi connectivity index (χ2v) is 2.85. The summed E-state index contributed by atoms with van der Waals surface area (Å²) in [6.45, 7) is 0. The van der Waals surface area contributed by atoms with Gasteiger partial charge in [0, 0.05) is 5.56 Å². The van der Waals surface area contributed by atoms with Crippen LogP contribution in [0.3, 0.4) is 0 Å². The first-order chi connectivity index (χ1) is 7.15. The van der Waals surface area contributed by atoms with Crippen LogP contribution in [0.5, 0.6) is 0 Å². The Kier molecular flexibility index (Phi) is 2.03. The van der Waals surface area contributed by atoms with Gasteiger partial charge in [0.25, 0.3) is 11.9 Å². The lowest BCUT2D eigenvalue weighted by molar-refractivity contribution is -0.112. The number of anilines is 1. The summed E-state index contributed by atoms with van der Waals surface area (Å²) in [5.74, 6) is 4.16. The lowest BCUT2D eigenvalue weighted by atomic mass is 10.2. The number of aromatic nitrogens is 1. The molecule has 1 aromatic carbocycles. The van der Waals surface area contributed by atoms with E-state index in [1.165, 1.54) is 0 Å². The quantitative estimate of drug-likeness (QED) is 0.597. The largest absolute Gasteiger partial charge is 0.424 e. The van der Waals surface area contributed by atoms with Gasteiger partial charge in [-0.1, -0.05) is 5.92 Å². The molecule has 0 saturated heterocycles. The number of hydrogen-bond donors (Lipinski definition) is 2. The molecular weight excluding hydrogens is 194 g/mol. The highest BCUT2D eigenvalue weighted by atomic mass is 16.4. The van der Waals surface area contributed by atoms with Crippen molar-refractivity contribution in [2.75, 3.05) is 5.73 Å². The molecule has 74 valence electrons.